The number of ketones is 1. The molecule has 0 radical (unpaired) electrons. The lowest BCUT2D eigenvalue weighted by molar-refractivity contribution is -0.116. The molecule has 0 aliphatic heterocycles. The summed E-state index contributed by atoms with van der Waals surface area (Å²) >= 11 is 0. The van der Waals surface area contributed by atoms with Crippen molar-refractivity contribution in [2.75, 3.05) is 0 Å². The molecule has 0 spiro atoms. The zero-order chi connectivity index (χ0) is 13.1. The number of rotatable bonds is 5. The quantitative estimate of drug-likeness (QED) is 0.870. The number of carbonyl (C=O) groups is 1. The van der Waals surface area contributed by atoms with Crippen molar-refractivity contribution in [2.45, 2.75) is 32.1 Å². The van der Waals surface area contributed by atoms with E-state index in [1.54, 1.807) is 6.92 Å². The number of Topliss-reactive ketones (excluding diaryl/α,β-unsaturated/α-hetero) is 1. The Bertz CT molecular complexity index is 482. The van der Waals surface area contributed by atoms with Gasteiger partial charge in [0.2, 0.25) is 10.0 Å². The Balaban J connectivity index is 2.82. The Hall–Kier alpha value is -1.20. The van der Waals surface area contributed by atoms with Crippen molar-refractivity contribution in [2.24, 2.45) is 0 Å². The van der Waals surface area contributed by atoms with E-state index in [0.29, 0.717) is 0 Å². The number of nitrogens with one attached hydrogen (secondary N) is 1. The molecule has 1 aromatic rings. The van der Waals surface area contributed by atoms with Gasteiger partial charge in [0.05, 0.1) is 0 Å². The highest BCUT2D eigenvalue weighted by atomic mass is 32.2. The summed E-state index contributed by atoms with van der Waals surface area (Å²) in [4.78, 5) is 11.1. The van der Waals surface area contributed by atoms with Crippen LogP contribution in [0.2, 0.25) is 0 Å². The molecule has 1 unspecified atom stereocenters. The third kappa shape index (κ3) is 3.64. The first-order valence-corrected chi connectivity index (χ1v) is 6.96. The third-order valence-corrected chi connectivity index (χ3v) is 4.62. The van der Waals surface area contributed by atoms with Crippen LogP contribution in [0.1, 0.15) is 32.4 Å². The predicted octanol–water partition coefficient (Wildman–Crippen LogP) is 1.64. The van der Waals surface area contributed by atoms with E-state index in [0.717, 1.165) is 5.56 Å². The van der Waals surface area contributed by atoms with Crippen molar-refractivity contribution in [3.8, 4) is 0 Å². The van der Waals surface area contributed by atoms with Crippen LogP contribution in [0.3, 0.4) is 0 Å². The van der Waals surface area contributed by atoms with E-state index in [9.17, 15) is 13.2 Å². The number of sulfonamides is 1. The first-order valence-electron chi connectivity index (χ1n) is 5.41. The van der Waals surface area contributed by atoms with Gasteiger partial charge in [-0.3, -0.25) is 4.79 Å². The SMILES string of the molecule is CC(=O)C(C)S(=O)(=O)N[C@H](C)c1ccccc1. The van der Waals surface area contributed by atoms with Gasteiger partial charge in [0, 0.05) is 6.04 Å². The minimum absolute atomic E-state index is 0.344. The van der Waals surface area contributed by atoms with E-state index in [1.165, 1.54) is 13.8 Å². The van der Waals surface area contributed by atoms with Crippen LogP contribution < -0.4 is 4.72 Å². The second kappa shape index (κ2) is 5.42. The fraction of sp³-hybridized carbons (Fsp3) is 0.417. The van der Waals surface area contributed by atoms with Crippen LogP contribution in [-0.4, -0.2) is 19.5 Å². The molecule has 0 aromatic heterocycles. The Labute approximate surface area is 102 Å². The summed E-state index contributed by atoms with van der Waals surface area (Å²) in [5.74, 6) is -0.363. The maximum atomic E-state index is 11.8. The van der Waals surface area contributed by atoms with E-state index in [1.807, 2.05) is 30.3 Å². The Kier molecular flexibility index (Phi) is 4.42. The summed E-state index contributed by atoms with van der Waals surface area (Å²) in [5, 5.41) is -1.02. The molecule has 0 bridgehead atoms. The zero-order valence-corrected chi connectivity index (χ0v) is 11.0. The summed E-state index contributed by atoms with van der Waals surface area (Å²) in [7, 11) is -3.61. The molecular formula is C12H17NO3S. The molecule has 2 atom stereocenters. The van der Waals surface area contributed by atoms with Gasteiger partial charge in [-0.05, 0) is 26.3 Å². The molecule has 94 valence electrons. The normalized spacial score (nSPS) is 15.2. The molecular weight excluding hydrogens is 238 g/mol. The van der Waals surface area contributed by atoms with Gasteiger partial charge in [-0.25, -0.2) is 13.1 Å². The van der Waals surface area contributed by atoms with Gasteiger partial charge in [0.15, 0.2) is 0 Å². The smallest absolute Gasteiger partial charge is 0.221 e. The van der Waals surface area contributed by atoms with Crippen molar-refractivity contribution in [3.05, 3.63) is 35.9 Å². The zero-order valence-electron chi connectivity index (χ0n) is 10.2. The third-order valence-electron chi connectivity index (χ3n) is 2.68. The van der Waals surface area contributed by atoms with Crippen LogP contribution in [0.5, 0.6) is 0 Å². The largest absolute Gasteiger partial charge is 0.299 e. The maximum Gasteiger partial charge on any atom is 0.221 e. The number of hydrogen-bond donors (Lipinski definition) is 1. The highest BCUT2D eigenvalue weighted by molar-refractivity contribution is 7.90. The van der Waals surface area contributed by atoms with E-state index < -0.39 is 15.3 Å². The van der Waals surface area contributed by atoms with Crippen molar-refractivity contribution in [1.82, 2.24) is 4.72 Å². The highest BCUT2D eigenvalue weighted by Crippen LogP contribution is 2.14. The van der Waals surface area contributed by atoms with Crippen LogP contribution in [-0.2, 0) is 14.8 Å². The van der Waals surface area contributed by atoms with Gasteiger partial charge in [0.25, 0.3) is 0 Å². The van der Waals surface area contributed by atoms with Gasteiger partial charge in [0.1, 0.15) is 11.0 Å². The average Bonchev–Trinajstić information content (AvgIpc) is 2.28. The number of benzene rings is 1. The van der Waals surface area contributed by atoms with E-state index >= 15 is 0 Å². The van der Waals surface area contributed by atoms with Crippen LogP contribution in [0.15, 0.2) is 30.3 Å². The summed E-state index contributed by atoms with van der Waals surface area (Å²) < 4.78 is 26.2. The van der Waals surface area contributed by atoms with Gasteiger partial charge in [-0.15, -0.1) is 0 Å². The van der Waals surface area contributed by atoms with E-state index in [2.05, 4.69) is 4.72 Å². The Morgan fingerprint density at radius 1 is 1.18 bits per heavy atom. The second-order valence-corrected chi connectivity index (χ2v) is 6.08. The minimum atomic E-state index is -3.61. The van der Waals surface area contributed by atoms with Crippen molar-refractivity contribution >= 4 is 15.8 Å². The molecule has 0 fully saturated rings. The summed E-state index contributed by atoms with van der Waals surface area (Å²) in [6.07, 6.45) is 0. The van der Waals surface area contributed by atoms with Gasteiger partial charge < -0.3 is 0 Å². The average molecular weight is 255 g/mol. The molecule has 1 aromatic carbocycles. The van der Waals surface area contributed by atoms with Crippen molar-refractivity contribution in [1.29, 1.82) is 0 Å². The molecule has 17 heavy (non-hydrogen) atoms. The lowest BCUT2D eigenvalue weighted by Crippen LogP contribution is -2.37. The summed E-state index contributed by atoms with van der Waals surface area (Å²) in [6.45, 7) is 4.42. The maximum absolute atomic E-state index is 11.8. The van der Waals surface area contributed by atoms with Crippen molar-refractivity contribution in [3.63, 3.8) is 0 Å². The molecule has 0 saturated carbocycles. The fourth-order valence-electron chi connectivity index (χ4n) is 1.38. The topological polar surface area (TPSA) is 63.2 Å². The molecule has 1 N–H and O–H groups in total. The van der Waals surface area contributed by atoms with Gasteiger partial charge >= 0.3 is 0 Å². The van der Waals surface area contributed by atoms with Gasteiger partial charge in [-0.2, -0.15) is 0 Å². The molecule has 0 amide bonds. The molecule has 0 aliphatic rings. The highest BCUT2D eigenvalue weighted by Gasteiger charge is 2.26. The van der Waals surface area contributed by atoms with Crippen LogP contribution >= 0.6 is 0 Å². The molecule has 0 saturated heterocycles. The standard InChI is InChI=1S/C12H17NO3S/c1-9(12-7-5-4-6-8-12)13-17(15,16)11(3)10(2)14/h4-9,11,13H,1-3H3/t9-,11?/m1/s1. The first-order chi connectivity index (χ1) is 7.84. The van der Waals surface area contributed by atoms with E-state index in [4.69, 9.17) is 0 Å². The Morgan fingerprint density at radius 3 is 2.18 bits per heavy atom. The number of carbonyl (C=O) groups excluding carboxylic acids is 1. The van der Waals surface area contributed by atoms with Crippen LogP contribution in [0.25, 0.3) is 0 Å². The van der Waals surface area contributed by atoms with Crippen LogP contribution in [0, 0.1) is 0 Å². The molecule has 5 heteroatoms. The molecule has 0 aliphatic carbocycles. The minimum Gasteiger partial charge on any atom is -0.299 e. The lowest BCUT2D eigenvalue weighted by Gasteiger charge is -2.17. The van der Waals surface area contributed by atoms with Crippen molar-refractivity contribution < 1.29 is 13.2 Å². The summed E-state index contributed by atoms with van der Waals surface area (Å²) in [5.41, 5.74) is 0.867. The first kappa shape index (κ1) is 13.9. The lowest BCUT2D eigenvalue weighted by atomic mass is 10.1. The van der Waals surface area contributed by atoms with Gasteiger partial charge in [-0.1, -0.05) is 30.3 Å². The molecule has 1 rings (SSSR count). The fourth-order valence-corrected chi connectivity index (χ4v) is 2.65. The monoisotopic (exact) mass is 255 g/mol. The second-order valence-electron chi connectivity index (χ2n) is 4.05. The predicted molar refractivity (Wildman–Crippen MR) is 67.1 cm³/mol. The van der Waals surface area contributed by atoms with E-state index in [-0.39, 0.29) is 11.8 Å². The summed E-state index contributed by atoms with van der Waals surface area (Å²) in [6, 6.07) is 8.88. The Morgan fingerprint density at radius 2 is 1.71 bits per heavy atom. The number of hydrogen-bond acceptors (Lipinski definition) is 3. The molecule has 0 heterocycles. The molecule has 4 nitrogen and oxygen atoms in total. The van der Waals surface area contributed by atoms with Crippen LogP contribution in [0.4, 0.5) is 0 Å².